The highest BCUT2D eigenvalue weighted by molar-refractivity contribution is 7.99. The Balaban J connectivity index is 1.04. The van der Waals surface area contributed by atoms with E-state index in [1.54, 1.807) is 5.56 Å². The Morgan fingerprint density at radius 3 is 1.75 bits per heavy atom. The molecule has 7 aromatic carbocycles. The van der Waals surface area contributed by atoms with Gasteiger partial charge in [0.15, 0.2) is 0 Å². The van der Waals surface area contributed by atoms with Gasteiger partial charge in [-0.3, -0.25) is 0 Å². The molecule has 4 heterocycles. The summed E-state index contributed by atoms with van der Waals surface area (Å²) in [7, 11) is 0. The van der Waals surface area contributed by atoms with Crippen molar-refractivity contribution in [1.82, 2.24) is 0 Å². The highest BCUT2D eigenvalue weighted by Gasteiger charge is 2.52. The van der Waals surface area contributed by atoms with Crippen molar-refractivity contribution in [3.8, 4) is 0 Å². The Hall–Kier alpha value is -5.69. The normalized spacial score (nSPS) is 22.6. The number of fused-ring (bicyclic) bond motifs is 10. The minimum absolute atomic E-state index is 0.0899. The van der Waals surface area contributed by atoms with Gasteiger partial charge in [0, 0.05) is 58.8 Å². The molecule has 0 N–H and O–H groups in total. The highest BCUT2D eigenvalue weighted by Crippen LogP contribution is 2.61. The van der Waals surface area contributed by atoms with Crippen LogP contribution in [0.3, 0.4) is 0 Å². The lowest BCUT2D eigenvalue weighted by molar-refractivity contribution is -0.00512. The molecule has 4 aliphatic carbocycles. The van der Waals surface area contributed by atoms with Crippen molar-refractivity contribution in [2.45, 2.75) is 53.7 Å². The second kappa shape index (κ2) is 12.7. The second-order valence-electron chi connectivity index (χ2n) is 18.3. The summed E-state index contributed by atoms with van der Waals surface area (Å²) in [6, 6.07) is 62.1. The topological polar surface area (TPSA) is 9.72 Å². The smallest absolute Gasteiger partial charge is 0.264 e. The number of nitrogens with zero attached hydrogens (tertiary/aromatic N) is 3. The molecule has 8 aromatic rings. The van der Waals surface area contributed by atoms with Gasteiger partial charge in [0.05, 0.1) is 17.1 Å². The number of hydrogen-bond acceptors (Lipinski definition) is 5. The third-order valence-corrected chi connectivity index (χ3v) is 17.3. The summed E-state index contributed by atoms with van der Waals surface area (Å²) in [4.78, 5) is 10.1. The van der Waals surface area contributed by atoms with Crippen LogP contribution in [0.2, 0.25) is 0 Å². The minimum Gasteiger partial charge on any atom is -0.310 e. The predicted octanol–water partition coefficient (Wildman–Crippen LogP) is 13.4. The van der Waals surface area contributed by atoms with Gasteiger partial charge in [-0.2, -0.15) is 0 Å². The molecule has 4 fully saturated rings. The van der Waals surface area contributed by atoms with Crippen LogP contribution in [0.25, 0.3) is 10.1 Å². The largest absolute Gasteiger partial charge is 0.310 e. The van der Waals surface area contributed by atoms with Crippen molar-refractivity contribution in [3.63, 3.8) is 0 Å². The Bertz CT molecular complexity index is 3010. The Morgan fingerprint density at radius 1 is 0.483 bits per heavy atom. The lowest BCUT2D eigenvalue weighted by Gasteiger charge is -2.57. The molecule has 4 saturated carbocycles. The molecule has 288 valence electrons. The maximum Gasteiger partial charge on any atom is 0.264 e. The molecule has 6 bridgehead atoms. The van der Waals surface area contributed by atoms with E-state index in [4.69, 9.17) is 0 Å². The van der Waals surface area contributed by atoms with E-state index in [0.717, 1.165) is 29.1 Å². The summed E-state index contributed by atoms with van der Waals surface area (Å²) >= 11 is 3.89. The third-order valence-electron chi connectivity index (χ3n) is 14.9. The maximum atomic E-state index is 2.68. The van der Waals surface area contributed by atoms with Gasteiger partial charge in [0.2, 0.25) is 0 Å². The third kappa shape index (κ3) is 4.81. The number of rotatable bonds is 3. The number of anilines is 9. The molecule has 1 aromatic heterocycles. The maximum absolute atomic E-state index is 2.68. The van der Waals surface area contributed by atoms with Crippen LogP contribution in [-0.4, -0.2) is 6.71 Å². The van der Waals surface area contributed by atoms with E-state index in [1.807, 2.05) is 23.1 Å². The van der Waals surface area contributed by atoms with E-state index in [0.29, 0.717) is 5.41 Å². The minimum atomic E-state index is 0.0899. The molecule has 3 aliphatic heterocycles. The summed E-state index contributed by atoms with van der Waals surface area (Å²) in [5.74, 6) is 2.74. The average molecular weight is 808 g/mol. The van der Waals surface area contributed by atoms with E-state index in [2.05, 4.69) is 178 Å². The first kappa shape index (κ1) is 34.1. The Labute approximate surface area is 360 Å². The van der Waals surface area contributed by atoms with E-state index < -0.39 is 0 Å². The molecular formula is C54H42BN3S2. The van der Waals surface area contributed by atoms with Gasteiger partial charge in [0.1, 0.15) is 0 Å². The van der Waals surface area contributed by atoms with Crippen molar-refractivity contribution < 1.29 is 0 Å². The van der Waals surface area contributed by atoms with Gasteiger partial charge in [-0.15, -0.1) is 11.3 Å². The summed E-state index contributed by atoms with van der Waals surface area (Å²) < 4.78 is 2.84. The first-order valence-electron chi connectivity index (χ1n) is 21.9. The van der Waals surface area contributed by atoms with E-state index in [9.17, 15) is 0 Å². The fraction of sp³-hybridized carbons (Fsp3) is 0.185. The molecule has 3 nitrogen and oxygen atoms in total. The number of thiophene rings is 1. The zero-order valence-electron chi connectivity index (χ0n) is 33.3. The highest BCUT2D eigenvalue weighted by atomic mass is 32.2. The van der Waals surface area contributed by atoms with Gasteiger partial charge in [-0.05, 0) is 163 Å². The van der Waals surface area contributed by atoms with Crippen molar-refractivity contribution in [3.05, 3.63) is 169 Å². The van der Waals surface area contributed by atoms with E-state index in [1.165, 1.54) is 114 Å². The summed E-state index contributed by atoms with van der Waals surface area (Å²) in [6.45, 7) is 0.0899. The van der Waals surface area contributed by atoms with E-state index >= 15 is 0 Å². The monoisotopic (exact) mass is 807 g/mol. The van der Waals surface area contributed by atoms with Crippen LogP contribution in [0.15, 0.2) is 174 Å². The first-order chi connectivity index (χ1) is 29.7. The van der Waals surface area contributed by atoms with Gasteiger partial charge < -0.3 is 14.7 Å². The van der Waals surface area contributed by atoms with Crippen LogP contribution < -0.4 is 30.4 Å². The SMILES string of the molecule is c1ccc(N2c3ccc4c(c3)N(c3ccccc3Sc3ccccc32)c2cccc3c2B4c2sc4ccc(C56CC7CC(CC(C7)C5)C6)cc4c2N3c2ccccc2)cc1. The van der Waals surface area contributed by atoms with Crippen LogP contribution in [0.4, 0.5) is 51.2 Å². The second-order valence-corrected chi connectivity index (χ2v) is 20.5. The Morgan fingerprint density at radius 2 is 1.07 bits per heavy atom. The molecule has 60 heavy (non-hydrogen) atoms. The average Bonchev–Trinajstić information content (AvgIpc) is 3.66. The summed E-state index contributed by atoms with van der Waals surface area (Å²) in [5.41, 5.74) is 15.8. The van der Waals surface area contributed by atoms with Crippen molar-refractivity contribution in [2.75, 3.05) is 14.7 Å². The molecule has 6 heteroatoms. The van der Waals surface area contributed by atoms with Crippen molar-refractivity contribution >= 4 is 107 Å². The predicted molar refractivity (Wildman–Crippen MR) is 255 cm³/mol. The molecule has 0 radical (unpaired) electrons. The molecule has 15 rings (SSSR count). The lowest BCUT2D eigenvalue weighted by Crippen LogP contribution is -2.60. The molecule has 0 saturated heterocycles. The Kier molecular flexibility index (Phi) is 7.19. The van der Waals surface area contributed by atoms with Gasteiger partial charge >= 0.3 is 0 Å². The first-order valence-corrected chi connectivity index (χ1v) is 23.5. The summed E-state index contributed by atoms with van der Waals surface area (Å²) in [5, 5.41) is 1.42. The molecular weight excluding hydrogens is 766 g/mol. The molecule has 0 atom stereocenters. The van der Waals surface area contributed by atoms with Crippen LogP contribution in [0, 0.1) is 17.8 Å². The number of hydrogen-bond donors (Lipinski definition) is 0. The summed E-state index contributed by atoms with van der Waals surface area (Å²) in [6.07, 6.45) is 8.54. The quantitative estimate of drug-likeness (QED) is 0.164. The van der Waals surface area contributed by atoms with Crippen LogP contribution in [0.1, 0.15) is 44.1 Å². The van der Waals surface area contributed by atoms with Gasteiger partial charge in [-0.1, -0.05) is 90.6 Å². The van der Waals surface area contributed by atoms with Crippen LogP contribution in [0.5, 0.6) is 0 Å². The van der Waals surface area contributed by atoms with E-state index in [-0.39, 0.29) is 6.71 Å². The standard InChI is InChI=1S/C54H42BN3S2/c1-3-12-38(13-4-1)56-40-23-24-42-47(30-40)58(44-17-8-10-21-50(44)59-49-20-9-7-16-43(49)56)46-19-11-18-45-51(46)55(42)53-52(57(45)39-14-5-2-6-15-39)41-29-37(22-25-48(41)60-53)54-31-34-26-35(32-54)28-36(27-34)33-54/h1-25,29-30,34-36H,26-28,31-33H2. The van der Waals surface area contributed by atoms with Crippen molar-refractivity contribution in [1.29, 1.82) is 0 Å². The number of para-hydroxylation sites is 4. The lowest BCUT2D eigenvalue weighted by atomic mass is 9.36. The molecule has 0 amide bonds. The van der Waals surface area contributed by atoms with Gasteiger partial charge in [-0.25, -0.2) is 0 Å². The van der Waals surface area contributed by atoms with Crippen molar-refractivity contribution in [2.24, 2.45) is 17.8 Å². The fourth-order valence-corrected chi connectivity index (χ4v) is 15.4. The van der Waals surface area contributed by atoms with Gasteiger partial charge in [0.25, 0.3) is 6.71 Å². The van der Waals surface area contributed by atoms with Crippen LogP contribution in [-0.2, 0) is 5.41 Å². The molecule has 0 unspecified atom stereocenters. The zero-order chi connectivity index (χ0) is 39.1. The number of benzene rings is 7. The molecule has 7 aliphatic rings. The zero-order valence-corrected chi connectivity index (χ0v) is 34.9. The van der Waals surface area contributed by atoms with Crippen LogP contribution >= 0.6 is 23.1 Å². The molecule has 0 spiro atoms. The fourth-order valence-electron chi connectivity index (χ4n) is 13.0.